The number of hydrogen-bond donors (Lipinski definition) is 1. The van der Waals surface area contributed by atoms with E-state index in [1.807, 2.05) is 6.92 Å². The van der Waals surface area contributed by atoms with Crippen molar-refractivity contribution in [3.63, 3.8) is 0 Å². The Morgan fingerprint density at radius 3 is 1.69 bits per heavy atom. The van der Waals surface area contributed by atoms with Gasteiger partial charge in [0.2, 0.25) is 0 Å². The standard InChI is InChI=1S/C28H15N3O/c1-4-5-6-7-8-9-10-11-12-13-14-15-16-17-18-19-20-21-22-28(32)30-24-26-31(3)25-23-29-27(31)2/h1H,23-26H2,2-3H3/p+1. The van der Waals surface area contributed by atoms with Crippen LogP contribution >= 0.6 is 0 Å². The fraction of sp³-hybridized carbons (Fsp3) is 0.214. The van der Waals surface area contributed by atoms with Gasteiger partial charge in [-0.05, 0) is 94.7 Å². The third-order valence-corrected chi connectivity index (χ3v) is 3.85. The molecule has 0 radical (unpaired) electrons. The molecule has 0 bridgehead atoms. The lowest BCUT2D eigenvalue weighted by Gasteiger charge is -2.28. The molecule has 1 heterocycles. The minimum atomic E-state index is -0.377. The zero-order chi connectivity index (χ0) is 23.3. The molecule has 1 rings (SSSR count). The van der Waals surface area contributed by atoms with Crippen LogP contribution in [0.1, 0.15) is 6.92 Å². The summed E-state index contributed by atoms with van der Waals surface area (Å²) in [6.07, 6.45) is 4.93. The van der Waals surface area contributed by atoms with Gasteiger partial charge in [0, 0.05) is 24.7 Å². The average Bonchev–Trinajstić information content (AvgIpc) is 3.11. The predicted octanol–water partition coefficient (Wildman–Crippen LogP) is -0.355. The number of nitrogens with one attached hydrogen (secondary N) is 1. The molecular weight excluding hydrogens is 394 g/mol. The van der Waals surface area contributed by atoms with Crippen molar-refractivity contribution in [3.05, 3.63) is 0 Å². The number of rotatable bonds is 3. The molecule has 148 valence electrons. The Bertz CT molecular complexity index is 1400. The van der Waals surface area contributed by atoms with Gasteiger partial charge in [0.15, 0.2) is 5.84 Å². The third-order valence-electron chi connectivity index (χ3n) is 3.85. The molecule has 4 nitrogen and oxygen atoms in total. The molecule has 1 atom stereocenters. The number of amidine groups is 1. The van der Waals surface area contributed by atoms with Crippen LogP contribution in [0.25, 0.3) is 0 Å². The van der Waals surface area contributed by atoms with Crippen LogP contribution in [0.4, 0.5) is 0 Å². The summed E-state index contributed by atoms with van der Waals surface area (Å²) >= 11 is 0. The minimum Gasteiger partial charge on any atom is -0.340 e. The van der Waals surface area contributed by atoms with Crippen molar-refractivity contribution >= 4 is 11.7 Å². The largest absolute Gasteiger partial charge is 0.340 e. The van der Waals surface area contributed by atoms with E-state index < -0.39 is 0 Å². The number of carbonyl (C=O) groups excluding carboxylic acids is 1. The maximum atomic E-state index is 11.7. The van der Waals surface area contributed by atoms with Crippen molar-refractivity contribution in [2.75, 3.05) is 33.2 Å². The number of hydrogen-bond acceptors (Lipinski definition) is 2. The predicted molar refractivity (Wildman–Crippen MR) is 126 cm³/mol. The topological polar surface area (TPSA) is 41.5 Å². The first-order valence-corrected chi connectivity index (χ1v) is 9.19. The van der Waals surface area contributed by atoms with Gasteiger partial charge in [0.05, 0.1) is 20.1 Å². The van der Waals surface area contributed by atoms with Crippen LogP contribution < -0.4 is 5.32 Å². The highest BCUT2D eigenvalue weighted by Gasteiger charge is 2.29. The Morgan fingerprint density at radius 2 is 1.28 bits per heavy atom. The van der Waals surface area contributed by atoms with Gasteiger partial charge in [-0.1, -0.05) is 0 Å². The third kappa shape index (κ3) is 11.5. The zero-order valence-corrected chi connectivity index (χ0v) is 17.7. The smallest absolute Gasteiger partial charge is 0.297 e. The molecular formula is C28H16N3O+. The van der Waals surface area contributed by atoms with Gasteiger partial charge in [-0.25, -0.2) is 4.99 Å². The van der Waals surface area contributed by atoms with Gasteiger partial charge in [0.1, 0.15) is 13.1 Å². The molecule has 32 heavy (non-hydrogen) atoms. The highest BCUT2D eigenvalue weighted by molar-refractivity contribution is 5.94. The number of carbonyl (C=O) groups is 1. The van der Waals surface area contributed by atoms with E-state index in [1.54, 1.807) is 0 Å². The van der Waals surface area contributed by atoms with E-state index in [4.69, 9.17) is 6.42 Å². The van der Waals surface area contributed by atoms with Crippen LogP contribution in [0, 0.1) is 119 Å². The molecule has 1 unspecified atom stereocenters. The lowest BCUT2D eigenvalue weighted by Crippen LogP contribution is -2.50. The molecule has 0 spiro atoms. The molecule has 0 aromatic rings. The first kappa shape index (κ1) is 24.7. The van der Waals surface area contributed by atoms with Gasteiger partial charge in [-0.2, -0.15) is 0 Å². The summed E-state index contributed by atoms with van der Waals surface area (Å²) in [5.74, 6) is 47.2. The van der Waals surface area contributed by atoms with Crippen molar-refractivity contribution < 1.29 is 9.28 Å². The second-order valence-electron chi connectivity index (χ2n) is 5.92. The molecule has 1 aliphatic rings. The Kier molecular flexibility index (Phi) is 12.1. The van der Waals surface area contributed by atoms with E-state index in [1.165, 1.54) is 0 Å². The highest BCUT2D eigenvalue weighted by Crippen LogP contribution is 2.10. The SMILES string of the molecule is C#CC#CC#CC#CC#CC#CC#CC#CC#CC#CC(=O)NCC[N+]1(C)CCN=C1C. The number of nitrogens with zero attached hydrogens (tertiary/aromatic N) is 2. The lowest BCUT2D eigenvalue weighted by molar-refractivity contribution is -0.813. The molecule has 4 heteroatoms. The Morgan fingerprint density at radius 1 is 0.844 bits per heavy atom. The van der Waals surface area contributed by atoms with Crippen LogP contribution in [0.2, 0.25) is 0 Å². The van der Waals surface area contributed by atoms with E-state index in [0.717, 1.165) is 30.0 Å². The average molecular weight is 410 g/mol. The van der Waals surface area contributed by atoms with E-state index in [9.17, 15) is 4.79 Å². The van der Waals surface area contributed by atoms with Gasteiger partial charge >= 0.3 is 0 Å². The quantitative estimate of drug-likeness (QED) is 0.502. The van der Waals surface area contributed by atoms with E-state index in [-0.39, 0.29) is 5.91 Å². The Labute approximate surface area is 190 Å². The summed E-state index contributed by atoms with van der Waals surface area (Å²) < 4.78 is 0.745. The minimum absolute atomic E-state index is 0.377. The number of aliphatic imine (C=N–C) groups is 1. The molecule has 0 saturated carbocycles. The molecule has 1 amide bonds. The highest BCUT2D eigenvalue weighted by atomic mass is 16.1. The zero-order valence-electron chi connectivity index (χ0n) is 17.7. The molecule has 0 saturated heterocycles. The summed E-state index contributed by atoms with van der Waals surface area (Å²) in [4.78, 5) is 16.1. The van der Waals surface area contributed by atoms with Crippen LogP contribution in [0.15, 0.2) is 4.99 Å². The fourth-order valence-corrected chi connectivity index (χ4v) is 2.09. The summed E-state index contributed by atoms with van der Waals surface area (Å²) in [6, 6.07) is 0. The molecule has 1 N–H and O–H groups in total. The van der Waals surface area contributed by atoms with Crippen LogP contribution in [-0.4, -0.2) is 49.5 Å². The lowest BCUT2D eigenvalue weighted by atomic mass is 10.4. The fourth-order valence-electron chi connectivity index (χ4n) is 2.09. The van der Waals surface area contributed by atoms with Crippen LogP contribution in [0.3, 0.4) is 0 Å². The second kappa shape index (κ2) is 15.6. The van der Waals surface area contributed by atoms with Crippen molar-refractivity contribution in [1.29, 1.82) is 0 Å². The van der Waals surface area contributed by atoms with Crippen molar-refractivity contribution in [3.8, 4) is 119 Å². The second-order valence-corrected chi connectivity index (χ2v) is 5.92. The van der Waals surface area contributed by atoms with Gasteiger partial charge in [-0.3, -0.25) is 9.28 Å². The Hall–Kier alpha value is -5.30. The number of quaternary nitrogens is 1. The molecule has 0 aromatic heterocycles. The van der Waals surface area contributed by atoms with Gasteiger partial charge < -0.3 is 5.32 Å². The molecule has 1 aliphatic heterocycles. The summed E-state index contributed by atoms with van der Waals surface area (Å²) in [7, 11) is 2.10. The van der Waals surface area contributed by atoms with E-state index >= 15 is 0 Å². The molecule has 0 fully saturated rings. The normalized spacial score (nSPS) is 13.3. The summed E-state index contributed by atoms with van der Waals surface area (Å²) in [5.41, 5.74) is 0. The van der Waals surface area contributed by atoms with Crippen LogP contribution in [-0.2, 0) is 4.79 Å². The van der Waals surface area contributed by atoms with Crippen LogP contribution in [0.5, 0.6) is 0 Å². The number of likely N-dealkylation sites (N-methyl/N-ethyl adjacent to an activating group) is 1. The maximum Gasteiger partial charge on any atom is 0.297 e. The monoisotopic (exact) mass is 410 g/mol. The van der Waals surface area contributed by atoms with Gasteiger partial charge in [-0.15, -0.1) is 6.42 Å². The first-order valence-electron chi connectivity index (χ1n) is 9.19. The summed E-state index contributed by atoms with van der Waals surface area (Å²) in [6.45, 7) is 5.09. The number of terminal acetylenes is 1. The summed E-state index contributed by atoms with van der Waals surface area (Å²) in [5, 5.41) is 2.75. The Balaban J connectivity index is 2.35. The first-order chi connectivity index (χ1) is 15.6. The molecule has 0 aromatic carbocycles. The van der Waals surface area contributed by atoms with E-state index in [2.05, 4.69) is 130 Å². The van der Waals surface area contributed by atoms with Crippen molar-refractivity contribution in [2.24, 2.45) is 4.99 Å². The number of amides is 1. The van der Waals surface area contributed by atoms with Crippen molar-refractivity contribution in [2.45, 2.75) is 6.92 Å². The van der Waals surface area contributed by atoms with Gasteiger partial charge in [0.25, 0.3) is 5.91 Å². The molecule has 0 aliphatic carbocycles. The van der Waals surface area contributed by atoms with E-state index in [0.29, 0.717) is 6.54 Å². The maximum absolute atomic E-state index is 11.7. The van der Waals surface area contributed by atoms with Crippen molar-refractivity contribution in [1.82, 2.24) is 5.32 Å².